The fraction of sp³-hybridized carbons (Fsp3) is 0.846. The highest BCUT2D eigenvalue weighted by Gasteiger charge is 2.29. The first-order chi connectivity index (χ1) is 8.39. The van der Waals surface area contributed by atoms with E-state index < -0.39 is 0 Å². The number of hydrogen-bond acceptors (Lipinski definition) is 4. The van der Waals surface area contributed by atoms with Crippen molar-refractivity contribution in [3.63, 3.8) is 0 Å². The van der Waals surface area contributed by atoms with E-state index in [0.717, 1.165) is 23.8 Å². The van der Waals surface area contributed by atoms with Crippen molar-refractivity contribution < 1.29 is 0 Å². The number of nitrogens with zero attached hydrogens (tertiary/aromatic N) is 3. The molecular weight excluding hydrogens is 266 g/mol. The van der Waals surface area contributed by atoms with Gasteiger partial charge >= 0.3 is 0 Å². The third kappa shape index (κ3) is 2.97. The van der Waals surface area contributed by atoms with Gasteiger partial charge in [-0.25, -0.2) is 4.98 Å². The Labute approximate surface area is 119 Å². The molecule has 0 aromatic carbocycles. The normalized spacial score (nSPS) is 25.2. The lowest BCUT2D eigenvalue weighted by molar-refractivity contribution is 0.433. The molecule has 0 aliphatic heterocycles. The molecule has 0 spiro atoms. The lowest BCUT2D eigenvalue weighted by Gasteiger charge is -2.34. The molecule has 1 aliphatic rings. The van der Waals surface area contributed by atoms with Gasteiger partial charge in [-0.2, -0.15) is 4.37 Å². The van der Waals surface area contributed by atoms with E-state index in [1.165, 1.54) is 24.4 Å². The lowest BCUT2D eigenvalue weighted by atomic mass is 9.94. The molecule has 1 aromatic heterocycles. The largest absolute Gasteiger partial charge is 0.345 e. The van der Waals surface area contributed by atoms with E-state index >= 15 is 0 Å². The van der Waals surface area contributed by atoms with Gasteiger partial charge in [0.1, 0.15) is 5.82 Å². The lowest BCUT2D eigenvalue weighted by Crippen LogP contribution is -2.41. The molecule has 1 heterocycles. The number of rotatable bonds is 2. The first-order valence-corrected chi connectivity index (χ1v) is 7.81. The van der Waals surface area contributed by atoms with Gasteiger partial charge in [0.15, 0.2) is 0 Å². The average molecular weight is 288 g/mol. The molecule has 0 N–H and O–H groups in total. The maximum Gasteiger partial charge on any atom is 0.205 e. The van der Waals surface area contributed by atoms with E-state index in [0.29, 0.717) is 6.04 Å². The van der Waals surface area contributed by atoms with Crippen molar-refractivity contribution in [2.45, 2.75) is 63.3 Å². The second-order valence-corrected chi connectivity index (χ2v) is 7.42. The summed E-state index contributed by atoms with van der Waals surface area (Å²) >= 11 is 7.93. The zero-order chi connectivity index (χ0) is 13.3. The molecule has 2 rings (SSSR count). The van der Waals surface area contributed by atoms with Crippen molar-refractivity contribution in [2.75, 3.05) is 11.9 Å². The molecule has 18 heavy (non-hydrogen) atoms. The average Bonchev–Trinajstić information content (AvgIpc) is 2.77. The van der Waals surface area contributed by atoms with Crippen molar-refractivity contribution in [1.29, 1.82) is 0 Å². The monoisotopic (exact) mass is 287 g/mol. The van der Waals surface area contributed by atoms with Crippen LogP contribution in [0, 0.1) is 0 Å². The van der Waals surface area contributed by atoms with Crippen molar-refractivity contribution in [3.8, 4) is 0 Å². The minimum atomic E-state index is 0.0164. The molecule has 0 saturated heterocycles. The number of alkyl halides is 1. The third-order valence-electron chi connectivity index (χ3n) is 3.53. The molecule has 2 atom stereocenters. The van der Waals surface area contributed by atoms with Crippen LogP contribution in [0.15, 0.2) is 0 Å². The van der Waals surface area contributed by atoms with Crippen LogP contribution in [-0.4, -0.2) is 27.8 Å². The van der Waals surface area contributed by atoms with Crippen LogP contribution in [0.1, 0.15) is 52.3 Å². The van der Waals surface area contributed by atoms with Gasteiger partial charge in [0.2, 0.25) is 5.13 Å². The number of anilines is 1. The van der Waals surface area contributed by atoms with Gasteiger partial charge in [0, 0.05) is 30.0 Å². The molecular formula is C13H22ClN3S. The Kier molecular flexibility index (Phi) is 4.17. The van der Waals surface area contributed by atoms with Gasteiger partial charge < -0.3 is 4.90 Å². The van der Waals surface area contributed by atoms with Crippen LogP contribution in [-0.2, 0) is 5.41 Å². The molecule has 1 aromatic rings. The van der Waals surface area contributed by atoms with Crippen molar-refractivity contribution >= 4 is 28.3 Å². The number of halogens is 1. The Morgan fingerprint density at radius 2 is 1.94 bits per heavy atom. The minimum absolute atomic E-state index is 0.0164. The molecule has 5 heteroatoms. The maximum atomic E-state index is 6.44. The van der Waals surface area contributed by atoms with Crippen LogP contribution in [0.4, 0.5) is 5.13 Å². The minimum Gasteiger partial charge on any atom is -0.345 e. The summed E-state index contributed by atoms with van der Waals surface area (Å²) in [5, 5.41) is 1.24. The van der Waals surface area contributed by atoms with E-state index in [9.17, 15) is 0 Å². The predicted molar refractivity (Wildman–Crippen MR) is 78.9 cm³/mol. The van der Waals surface area contributed by atoms with Gasteiger partial charge in [0.05, 0.1) is 5.38 Å². The summed E-state index contributed by atoms with van der Waals surface area (Å²) in [6, 6.07) is 0.404. The van der Waals surface area contributed by atoms with Crippen LogP contribution >= 0.6 is 23.1 Å². The van der Waals surface area contributed by atoms with E-state index in [4.69, 9.17) is 11.6 Å². The van der Waals surface area contributed by atoms with E-state index in [1.807, 2.05) is 0 Å². The Hall–Kier alpha value is -0.350. The van der Waals surface area contributed by atoms with Crippen LogP contribution in [0.5, 0.6) is 0 Å². The van der Waals surface area contributed by atoms with Crippen molar-refractivity contribution in [2.24, 2.45) is 0 Å². The SMILES string of the molecule is CN(c1nc(C(C)(C)C)ns1)C1CCCCC1Cl. The Morgan fingerprint density at radius 3 is 2.50 bits per heavy atom. The molecule has 0 amide bonds. The topological polar surface area (TPSA) is 29.0 Å². The summed E-state index contributed by atoms with van der Waals surface area (Å²) in [7, 11) is 2.10. The van der Waals surface area contributed by atoms with Crippen molar-refractivity contribution in [3.05, 3.63) is 5.82 Å². The predicted octanol–water partition coefficient (Wildman–Crippen LogP) is 3.82. The molecule has 0 bridgehead atoms. The summed E-state index contributed by atoms with van der Waals surface area (Å²) in [6.45, 7) is 6.43. The summed E-state index contributed by atoms with van der Waals surface area (Å²) in [5.41, 5.74) is 0.0164. The van der Waals surface area contributed by atoms with Gasteiger partial charge in [0.25, 0.3) is 0 Å². The Bertz CT molecular complexity index is 399. The molecule has 1 fully saturated rings. The smallest absolute Gasteiger partial charge is 0.205 e. The highest BCUT2D eigenvalue weighted by atomic mass is 35.5. The Balaban J connectivity index is 2.13. The van der Waals surface area contributed by atoms with Crippen LogP contribution in [0.25, 0.3) is 0 Å². The highest BCUT2D eigenvalue weighted by Crippen LogP contribution is 2.32. The molecule has 1 saturated carbocycles. The van der Waals surface area contributed by atoms with Gasteiger partial charge in [-0.1, -0.05) is 33.6 Å². The molecule has 2 unspecified atom stereocenters. The van der Waals surface area contributed by atoms with Gasteiger partial charge in [-0.15, -0.1) is 11.6 Å². The first kappa shape index (κ1) is 14.1. The standard InChI is InChI=1S/C13H22ClN3S/c1-13(2,3)11-15-12(18-16-11)17(4)10-8-6-5-7-9(10)14/h9-10H,5-8H2,1-4H3. The maximum absolute atomic E-state index is 6.44. The summed E-state index contributed by atoms with van der Waals surface area (Å²) in [5.74, 6) is 0.927. The summed E-state index contributed by atoms with van der Waals surface area (Å²) in [4.78, 5) is 6.89. The highest BCUT2D eigenvalue weighted by molar-refractivity contribution is 7.09. The number of hydrogen-bond donors (Lipinski definition) is 0. The second-order valence-electron chi connectivity index (χ2n) is 6.13. The first-order valence-electron chi connectivity index (χ1n) is 6.60. The molecule has 3 nitrogen and oxygen atoms in total. The zero-order valence-electron chi connectivity index (χ0n) is 11.6. The zero-order valence-corrected chi connectivity index (χ0v) is 13.2. The molecule has 0 radical (unpaired) electrons. The van der Waals surface area contributed by atoms with Gasteiger partial charge in [-0.3, -0.25) is 0 Å². The van der Waals surface area contributed by atoms with Crippen LogP contribution < -0.4 is 4.90 Å². The molecule has 102 valence electrons. The quantitative estimate of drug-likeness (QED) is 0.774. The Morgan fingerprint density at radius 1 is 1.28 bits per heavy atom. The van der Waals surface area contributed by atoms with E-state index in [2.05, 4.69) is 42.1 Å². The van der Waals surface area contributed by atoms with E-state index in [1.54, 1.807) is 0 Å². The third-order valence-corrected chi connectivity index (χ3v) is 4.85. The summed E-state index contributed by atoms with van der Waals surface area (Å²) < 4.78 is 4.47. The van der Waals surface area contributed by atoms with Crippen molar-refractivity contribution in [1.82, 2.24) is 9.36 Å². The second kappa shape index (κ2) is 5.33. The summed E-state index contributed by atoms with van der Waals surface area (Å²) in [6.07, 6.45) is 4.79. The molecule has 1 aliphatic carbocycles. The van der Waals surface area contributed by atoms with Gasteiger partial charge in [-0.05, 0) is 12.8 Å². The van der Waals surface area contributed by atoms with Crippen LogP contribution in [0.2, 0.25) is 0 Å². The van der Waals surface area contributed by atoms with E-state index in [-0.39, 0.29) is 10.8 Å². The fourth-order valence-corrected chi connectivity index (χ4v) is 3.63. The number of aromatic nitrogens is 2. The fourth-order valence-electron chi connectivity index (χ4n) is 2.31. The van der Waals surface area contributed by atoms with Crippen LogP contribution in [0.3, 0.4) is 0 Å².